The number of aromatic amines is 2. The van der Waals surface area contributed by atoms with Gasteiger partial charge in [0.1, 0.15) is 4.83 Å². The van der Waals surface area contributed by atoms with E-state index in [2.05, 4.69) is 15.0 Å². The van der Waals surface area contributed by atoms with Crippen molar-refractivity contribution in [2.45, 2.75) is 19.0 Å². The number of carbonyl (C=O) groups excluding carboxylic acids is 1. The molecule has 0 aliphatic carbocycles. The largest absolute Gasteiger partial charge is 0.362 e. The minimum Gasteiger partial charge on any atom is -0.362 e. The van der Waals surface area contributed by atoms with Gasteiger partial charge in [-0.05, 0) is 31.4 Å². The SMILES string of the molecule is Cc1cc(C(=O)CSc2nc3sccc3c(=O)[nH]2)c(C)[nH]1. The maximum Gasteiger partial charge on any atom is 0.260 e. The Morgan fingerprint density at radius 1 is 1.38 bits per heavy atom. The molecule has 0 fully saturated rings. The first-order valence-electron chi connectivity index (χ1n) is 6.34. The lowest BCUT2D eigenvalue weighted by molar-refractivity contribution is 0.102. The maximum atomic E-state index is 12.2. The zero-order chi connectivity index (χ0) is 15.0. The molecule has 0 saturated heterocycles. The average Bonchev–Trinajstić information content (AvgIpc) is 3.02. The maximum absolute atomic E-state index is 12.2. The fraction of sp³-hybridized carbons (Fsp3) is 0.214. The highest BCUT2D eigenvalue weighted by Crippen LogP contribution is 2.20. The van der Waals surface area contributed by atoms with Crippen molar-refractivity contribution in [1.29, 1.82) is 0 Å². The molecular formula is C14H13N3O2S2. The van der Waals surface area contributed by atoms with E-state index < -0.39 is 0 Å². The Morgan fingerprint density at radius 3 is 2.90 bits per heavy atom. The monoisotopic (exact) mass is 319 g/mol. The lowest BCUT2D eigenvalue weighted by Gasteiger charge is -2.01. The van der Waals surface area contributed by atoms with Crippen molar-refractivity contribution >= 4 is 39.1 Å². The van der Waals surface area contributed by atoms with Gasteiger partial charge >= 0.3 is 0 Å². The number of aryl methyl sites for hydroxylation is 2. The Bertz CT molecular complexity index is 876. The van der Waals surface area contributed by atoms with Crippen molar-refractivity contribution < 1.29 is 4.79 Å². The molecule has 108 valence electrons. The number of H-pyrrole nitrogens is 2. The minimum absolute atomic E-state index is 0.0239. The molecule has 21 heavy (non-hydrogen) atoms. The number of aromatic nitrogens is 3. The van der Waals surface area contributed by atoms with E-state index in [0.717, 1.165) is 11.4 Å². The van der Waals surface area contributed by atoms with Gasteiger partial charge in [0.15, 0.2) is 10.9 Å². The van der Waals surface area contributed by atoms with Crippen molar-refractivity contribution in [3.05, 3.63) is 44.8 Å². The molecule has 3 aromatic rings. The minimum atomic E-state index is -0.162. The van der Waals surface area contributed by atoms with E-state index in [1.54, 1.807) is 6.07 Å². The number of hydrogen-bond donors (Lipinski definition) is 2. The molecule has 0 aliphatic rings. The molecule has 0 saturated carbocycles. The Labute approximate surface area is 128 Å². The summed E-state index contributed by atoms with van der Waals surface area (Å²) in [4.78, 5) is 34.9. The fourth-order valence-corrected chi connectivity index (χ4v) is 3.71. The number of nitrogens with one attached hydrogen (secondary N) is 2. The highest BCUT2D eigenvalue weighted by Gasteiger charge is 2.13. The van der Waals surface area contributed by atoms with Gasteiger partial charge in [0, 0.05) is 17.0 Å². The van der Waals surface area contributed by atoms with Crippen molar-refractivity contribution in [1.82, 2.24) is 15.0 Å². The molecule has 0 radical (unpaired) electrons. The van der Waals surface area contributed by atoms with Crippen molar-refractivity contribution in [3.63, 3.8) is 0 Å². The molecule has 3 rings (SSSR count). The van der Waals surface area contributed by atoms with Gasteiger partial charge in [-0.3, -0.25) is 9.59 Å². The molecule has 0 atom stereocenters. The van der Waals surface area contributed by atoms with Gasteiger partial charge in [-0.2, -0.15) is 0 Å². The Balaban J connectivity index is 1.78. The predicted molar refractivity (Wildman–Crippen MR) is 85.6 cm³/mol. The number of carbonyl (C=O) groups is 1. The van der Waals surface area contributed by atoms with Gasteiger partial charge in [0.25, 0.3) is 5.56 Å². The smallest absolute Gasteiger partial charge is 0.260 e. The third-order valence-electron chi connectivity index (χ3n) is 3.10. The van der Waals surface area contributed by atoms with Crippen LogP contribution in [0.3, 0.4) is 0 Å². The lowest BCUT2D eigenvalue weighted by atomic mass is 10.2. The van der Waals surface area contributed by atoms with Crippen LogP contribution in [0.5, 0.6) is 0 Å². The van der Waals surface area contributed by atoms with Gasteiger partial charge in [0.2, 0.25) is 0 Å². The molecule has 5 nitrogen and oxygen atoms in total. The van der Waals surface area contributed by atoms with Crippen molar-refractivity contribution in [3.8, 4) is 0 Å². The Kier molecular flexibility index (Phi) is 3.69. The van der Waals surface area contributed by atoms with E-state index in [1.165, 1.54) is 23.1 Å². The summed E-state index contributed by atoms with van der Waals surface area (Å²) in [5.74, 6) is 0.272. The zero-order valence-corrected chi connectivity index (χ0v) is 13.2. The second-order valence-electron chi connectivity index (χ2n) is 4.71. The van der Waals surface area contributed by atoms with Crippen LogP contribution in [0.4, 0.5) is 0 Å². The Morgan fingerprint density at radius 2 is 2.19 bits per heavy atom. The van der Waals surface area contributed by atoms with Crippen molar-refractivity contribution in [2.75, 3.05) is 5.75 Å². The van der Waals surface area contributed by atoms with E-state index >= 15 is 0 Å². The molecule has 0 bridgehead atoms. The molecule has 0 aliphatic heterocycles. The van der Waals surface area contributed by atoms with Crippen LogP contribution >= 0.6 is 23.1 Å². The molecule has 0 amide bonds. The second kappa shape index (κ2) is 5.50. The van der Waals surface area contributed by atoms with Gasteiger partial charge in [-0.15, -0.1) is 11.3 Å². The summed E-state index contributed by atoms with van der Waals surface area (Å²) >= 11 is 2.67. The number of thioether (sulfide) groups is 1. The lowest BCUT2D eigenvalue weighted by Crippen LogP contribution is -2.09. The number of hydrogen-bond acceptors (Lipinski definition) is 5. The summed E-state index contributed by atoms with van der Waals surface area (Å²) in [6.45, 7) is 3.80. The van der Waals surface area contributed by atoms with E-state index in [9.17, 15) is 9.59 Å². The van der Waals surface area contributed by atoms with E-state index in [0.29, 0.717) is 20.9 Å². The van der Waals surface area contributed by atoms with E-state index in [-0.39, 0.29) is 17.1 Å². The van der Waals surface area contributed by atoms with Crippen LogP contribution in [0.2, 0.25) is 0 Å². The molecule has 3 aromatic heterocycles. The number of ketones is 1. The van der Waals surface area contributed by atoms with Crippen LogP contribution in [-0.4, -0.2) is 26.5 Å². The molecule has 0 spiro atoms. The Hall–Kier alpha value is -1.86. The van der Waals surface area contributed by atoms with Gasteiger partial charge in [-0.25, -0.2) is 4.98 Å². The summed E-state index contributed by atoms with van der Waals surface area (Å²) in [6.07, 6.45) is 0. The summed E-state index contributed by atoms with van der Waals surface area (Å²) in [6, 6.07) is 3.59. The highest BCUT2D eigenvalue weighted by molar-refractivity contribution is 7.99. The summed E-state index contributed by atoms with van der Waals surface area (Å²) in [7, 11) is 0. The number of fused-ring (bicyclic) bond motifs is 1. The first-order valence-corrected chi connectivity index (χ1v) is 8.21. The van der Waals surface area contributed by atoms with Crippen LogP contribution in [0.15, 0.2) is 27.5 Å². The summed E-state index contributed by atoms with van der Waals surface area (Å²) in [5.41, 5.74) is 2.37. The number of Topliss-reactive ketones (excluding diaryl/α,β-unsaturated/α-hetero) is 1. The van der Waals surface area contributed by atoms with Crippen LogP contribution in [-0.2, 0) is 0 Å². The first-order chi connectivity index (χ1) is 10.0. The fourth-order valence-electron chi connectivity index (χ4n) is 2.14. The van der Waals surface area contributed by atoms with E-state index in [1.807, 2.05) is 25.3 Å². The quantitative estimate of drug-likeness (QED) is 0.440. The number of thiophene rings is 1. The van der Waals surface area contributed by atoms with Crippen LogP contribution in [0, 0.1) is 13.8 Å². The molecule has 0 aromatic carbocycles. The predicted octanol–water partition coefficient (Wildman–Crippen LogP) is 2.90. The molecule has 2 N–H and O–H groups in total. The van der Waals surface area contributed by atoms with Gasteiger partial charge in [0.05, 0.1) is 11.1 Å². The van der Waals surface area contributed by atoms with Gasteiger partial charge in [-0.1, -0.05) is 11.8 Å². The molecule has 0 unspecified atom stereocenters. The summed E-state index contributed by atoms with van der Waals surface area (Å²) in [5, 5.41) is 2.90. The van der Waals surface area contributed by atoms with Crippen LogP contribution in [0.1, 0.15) is 21.7 Å². The van der Waals surface area contributed by atoms with Crippen LogP contribution in [0.25, 0.3) is 10.2 Å². The van der Waals surface area contributed by atoms with E-state index in [4.69, 9.17) is 0 Å². The number of rotatable bonds is 4. The van der Waals surface area contributed by atoms with Crippen LogP contribution < -0.4 is 5.56 Å². The zero-order valence-electron chi connectivity index (χ0n) is 11.5. The average molecular weight is 319 g/mol. The topological polar surface area (TPSA) is 78.6 Å². The second-order valence-corrected chi connectivity index (χ2v) is 6.57. The molecular weight excluding hydrogens is 306 g/mol. The standard InChI is InChI=1S/C14H13N3O2S2/c1-7-5-10(8(2)15-7)11(18)6-21-14-16-12(19)9-3-4-20-13(9)17-14/h3-5,15H,6H2,1-2H3,(H,16,17,19). The molecule has 3 heterocycles. The first kappa shape index (κ1) is 14.1. The third kappa shape index (κ3) is 2.79. The number of nitrogens with zero attached hydrogens (tertiary/aromatic N) is 1. The highest BCUT2D eigenvalue weighted by atomic mass is 32.2. The summed E-state index contributed by atoms with van der Waals surface area (Å²) < 4.78 is 0. The third-order valence-corrected chi connectivity index (χ3v) is 4.78. The van der Waals surface area contributed by atoms with Crippen molar-refractivity contribution in [2.24, 2.45) is 0 Å². The molecule has 7 heteroatoms. The van der Waals surface area contributed by atoms with Gasteiger partial charge < -0.3 is 9.97 Å². The normalized spacial score (nSPS) is 11.1.